The van der Waals surface area contributed by atoms with E-state index in [2.05, 4.69) is 19.9 Å². The number of hydrogen-bond donors (Lipinski definition) is 1. The van der Waals surface area contributed by atoms with Crippen LogP contribution in [0.25, 0.3) is 0 Å². The molecule has 1 N–H and O–H groups in total. The van der Waals surface area contributed by atoms with Crippen molar-refractivity contribution in [2.24, 2.45) is 0 Å². The number of aryl methyl sites for hydroxylation is 1. The molecule has 20 heavy (non-hydrogen) atoms. The number of carbonyl (C=O) groups is 1. The van der Waals surface area contributed by atoms with Crippen LogP contribution < -0.4 is 5.32 Å². The molecule has 1 fully saturated rings. The van der Waals surface area contributed by atoms with Crippen LogP contribution in [0, 0.1) is 6.92 Å². The summed E-state index contributed by atoms with van der Waals surface area (Å²) in [4.78, 5) is 12.0. The maximum Gasteiger partial charge on any atom is 0.343 e. The van der Waals surface area contributed by atoms with Crippen molar-refractivity contribution >= 4 is 22.5 Å². The third-order valence-electron chi connectivity index (χ3n) is 3.03. The van der Waals surface area contributed by atoms with Gasteiger partial charge in [-0.3, -0.25) is 0 Å². The minimum absolute atomic E-state index is 0.0169. The van der Waals surface area contributed by atoms with E-state index >= 15 is 0 Å². The highest BCUT2D eigenvalue weighted by molar-refractivity contribution is 7.10. The zero-order valence-corrected chi connectivity index (χ0v) is 12.0. The van der Waals surface area contributed by atoms with Crippen molar-refractivity contribution in [3.63, 3.8) is 0 Å². The molecule has 7 nitrogen and oxygen atoms in total. The first-order valence-corrected chi connectivity index (χ1v) is 7.09. The smallest absolute Gasteiger partial charge is 0.343 e. The van der Waals surface area contributed by atoms with E-state index in [1.807, 2.05) is 0 Å². The second-order valence-electron chi connectivity index (χ2n) is 4.61. The Kier molecular flexibility index (Phi) is 3.39. The SMILES string of the molecule is CNc1snc(C)c1C(=O)OCc1nnc(C2CC2)o1. The van der Waals surface area contributed by atoms with Crippen LogP contribution in [0.4, 0.5) is 5.00 Å². The zero-order chi connectivity index (χ0) is 14.1. The Labute approximate surface area is 119 Å². The quantitative estimate of drug-likeness (QED) is 0.844. The molecule has 0 unspecified atom stereocenters. The van der Waals surface area contributed by atoms with Crippen molar-refractivity contribution in [1.29, 1.82) is 0 Å². The zero-order valence-electron chi connectivity index (χ0n) is 11.2. The van der Waals surface area contributed by atoms with Crippen LogP contribution in [0.1, 0.15) is 46.6 Å². The molecule has 3 rings (SSSR count). The summed E-state index contributed by atoms with van der Waals surface area (Å²) in [6.45, 7) is 1.75. The summed E-state index contributed by atoms with van der Waals surface area (Å²) >= 11 is 1.23. The molecule has 2 aromatic heterocycles. The van der Waals surface area contributed by atoms with Crippen molar-refractivity contribution < 1.29 is 13.9 Å². The van der Waals surface area contributed by atoms with Crippen LogP contribution in [0.3, 0.4) is 0 Å². The largest absolute Gasteiger partial charge is 0.452 e. The first-order valence-electron chi connectivity index (χ1n) is 6.32. The van der Waals surface area contributed by atoms with Gasteiger partial charge in [-0.15, -0.1) is 10.2 Å². The van der Waals surface area contributed by atoms with Crippen molar-refractivity contribution in [2.45, 2.75) is 32.3 Å². The molecule has 1 aliphatic rings. The average molecular weight is 294 g/mol. The number of carbonyl (C=O) groups excluding carboxylic acids is 1. The second-order valence-corrected chi connectivity index (χ2v) is 5.38. The maximum absolute atomic E-state index is 12.0. The highest BCUT2D eigenvalue weighted by Crippen LogP contribution is 2.39. The Morgan fingerprint density at radius 2 is 2.30 bits per heavy atom. The van der Waals surface area contributed by atoms with E-state index in [0.29, 0.717) is 34.0 Å². The Bertz CT molecular complexity index is 632. The number of esters is 1. The molecule has 0 bridgehead atoms. The average Bonchev–Trinajstić information content (AvgIpc) is 3.07. The third-order valence-corrected chi connectivity index (χ3v) is 3.99. The summed E-state index contributed by atoms with van der Waals surface area (Å²) < 4.78 is 14.8. The van der Waals surface area contributed by atoms with E-state index in [0.717, 1.165) is 12.8 Å². The van der Waals surface area contributed by atoms with Crippen molar-refractivity contribution in [3.8, 4) is 0 Å². The number of ether oxygens (including phenoxy) is 1. The molecule has 0 aliphatic heterocycles. The molecule has 1 saturated carbocycles. The van der Waals surface area contributed by atoms with E-state index < -0.39 is 5.97 Å². The molecule has 0 saturated heterocycles. The van der Waals surface area contributed by atoms with Crippen LogP contribution in [0.5, 0.6) is 0 Å². The highest BCUT2D eigenvalue weighted by Gasteiger charge is 2.29. The lowest BCUT2D eigenvalue weighted by Crippen LogP contribution is -2.08. The maximum atomic E-state index is 12.0. The van der Waals surface area contributed by atoms with Gasteiger partial charge in [0.05, 0.1) is 5.69 Å². The van der Waals surface area contributed by atoms with Crippen LogP contribution in [-0.4, -0.2) is 27.6 Å². The molecule has 8 heteroatoms. The number of anilines is 1. The van der Waals surface area contributed by atoms with E-state index in [9.17, 15) is 4.79 Å². The van der Waals surface area contributed by atoms with E-state index in [-0.39, 0.29) is 6.61 Å². The molecule has 2 heterocycles. The van der Waals surface area contributed by atoms with Gasteiger partial charge in [0.2, 0.25) is 5.89 Å². The fourth-order valence-electron chi connectivity index (χ4n) is 1.80. The van der Waals surface area contributed by atoms with Gasteiger partial charge >= 0.3 is 5.97 Å². The normalized spacial score (nSPS) is 14.3. The van der Waals surface area contributed by atoms with Gasteiger partial charge in [-0.1, -0.05) is 0 Å². The lowest BCUT2D eigenvalue weighted by atomic mass is 10.2. The molecule has 0 spiro atoms. The van der Waals surface area contributed by atoms with Gasteiger partial charge in [0.25, 0.3) is 5.89 Å². The summed E-state index contributed by atoms with van der Waals surface area (Å²) in [5, 5.41) is 11.4. The van der Waals surface area contributed by atoms with Gasteiger partial charge in [0.15, 0.2) is 6.61 Å². The van der Waals surface area contributed by atoms with Gasteiger partial charge in [-0.25, -0.2) is 4.79 Å². The van der Waals surface area contributed by atoms with E-state index in [1.54, 1.807) is 14.0 Å². The van der Waals surface area contributed by atoms with Crippen molar-refractivity contribution in [2.75, 3.05) is 12.4 Å². The summed E-state index contributed by atoms with van der Waals surface area (Å²) in [5.41, 5.74) is 1.10. The minimum Gasteiger partial charge on any atom is -0.452 e. The first-order chi connectivity index (χ1) is 9.69. The van der Waals surface area contributed by atoms with E-state index in [1.165, 1.54) is 11.5 Å². The van der Waals surface area contributed by atoms with Gasteiger partial charge in [0.1, 0.15) is 10.6 Å². The molecule has 0 amide bonds. The Balaban J connectivity index is 1.64. The standard InChI is InChI=1S/C12H14N4O3S/c1-6-9(11(13-2)20-16-6)12(17)18-5-8-14-15-10(19-8)7-3-4-7/h7,13H,3-5H2,1-2H3. The fraction of sp³-hybridized carbons (Fsp3) is 0.500. The number of hydrogen-bond acceptors (Lipinski definition) is 8. The van der Waals surface area contributed by atoms with Crippen molar-refractivity contribution in [3.05, 3.63) is 23.0 Å². The van der Waals surface area contributed by atoms with Crippen LogP contribution in [0.2, 0.25) is 0 Å². The third kappa shape index (κ3) is 2.51. The molecule has 106 valence electrons. The van der Waals surface area contributed by atoms with E-state index in [4.69, 9.17) is 9.15 Å². The molecule has 1 aliphatic carbocycles. The second kappa shape index (κ2) is 5.20. The molecule has 0 radical (unpaired) electrons. The Morgan fingerprint density at radius 1 is 1.50 bits per heavy atom. The lowest BCUT2D eigenvalue weighted by Gasteiger charge is -2.03. The van der Waals surface area contributed by atoms with Gasteiger partial charge in [-0.2, -0.15) is 4.37 Å². The fourth-order valence-corrected chi connectivity index (χ4v) is 2.53. The summed E-state index contributed by atoms with van der Waals surface area (Å²) in [6.07, 6.45) is 2.18. The Hall–Kier alpha value is -1.96. The molecule has 0 aromatic carbocycles. The first kappa shape index (κ1) is 13.0. The van der Waals surface area contributed by atoms with Crippen LogP contribution >= 0.6 is 11.5 Å². The van der Waals surface area contributed by atoms with Crippen molar-refractivity contribution in [1.82, 2.24) is 14.6 Å². The Morgan fingerprint density at radius 3 is 3.00 bits per heavy atom. The number of nitrogens with one attached hydrogen (secondary N) is 1. The molecular formula is C12H14N4O3S. The topological polar surface area (TPSA) is 90.1 Å². The summed E-state index contributed by atoms with van der Waals surface area (Å²) in [5.74, 6) is 0.922. The number of nitrogens with zero attached hydrogens (tertiary/aromatic N) is 3. The van der Waals surface area contributed by atoms with Gasteiger partial charge in [-0.05, 0) is 31.3 Å². The molecule has 0 atom stereocenters. The number of aromatic nitrogens is 3. The molecule has 2 aromatic rings. The van der Waals surface area contributed by atoms with Gasteiger partial charge in [0, 0.05) is 13.0 Å². The highest BCUT2D eigenvalue weighted by atomic mass is 32.1. The minimum atomic E-state index is -0.438. The summed E-state index contributed by atoms with van der Waals surface area (Å²) in [7, 11) is 1.74. The predicted molar refractivity (Wildman–Crippen MR) is 71.8 cm³/mol. The van der Waals surface area contributed by atoms with Gasteiger partial charge < -0.3 is 14.5 Å². The molecular weight excluding hydrogens is 280 g/mol. The summed E-state index contributed by atoms with van der Waals surface area (Å²) in [6, 6.07) is 0. The monoisotopic (exact) mass is 294 g/mol. The van der Waals surface area contributed by atoms with Crippen LogP contribution in [-0.2, 0) is 11.3 Å². The lowest BCUT2D eigenvalue weighted by molar-refractivity contribution is 0.0437. The van der Waals surface area contributed by atoms with Crippen LogP contribution in [0.15, 0.2) is 4.42 Å². The number of rotatable bonds is 5. The predicted octanol–water partition coefficient (Wildman–Crippen LogP) is 2.11.